The largest absolute Gasteiger partial charge is 0.496 e. The van der Waals surface area contributed by atoms with Gasteiger partial charge in [-0.1, -0.05) is 20.8 Å². The molecule has 5 fully saturated rings. The van der Waals surface area contributed by atoms with E-state index in [2.05, 4.69) is 25.7 Å². The highest BCUT2D eigenvalue weighted by Gasteiger charge is 2.60. The number of piperidine rings is 1. The van der Waals surface area contributed by atoms with Crippen molar-refractivity contribution in [3.63, 3.8) is 0 Å². The number of ether oxygens (including phenoxy) is 3. The number of likely N-dealkylation sites (tertiary alicyclic amines) is 1. The minimum Gasteiger partial charge on any atom is -0.496 e. The smallest absolute Gasteiger partial charge is 0.222 e. The molecule has 0 aromatic heterocycles. The SMILES string of the molecule is COc1cc(OC)c(C2CCN(C(=O)CC[C@@H](C)[C@H]3CC[C@H]4[C@@H]5CC[C@@H]6C[C@H](O)CC[C@]6(C)[C@H]5CC[C@]34C)CC2)c(OC)c1. The summed E-state index contributed by atoms with van der Waals surface area (Å²) in [5.74, 6) is 7.59. The molecule has 6 heteroatoms. The summed E-state index contributed by atoms with van der Waals surface area (Å²) in [7, 11) is 5.05. The number of aliphatic hydroxyl groups is 1. The van der Waals surface area contributed by atoms with Crippen molar-refractivity contribution in [2.24, 2.45) is 46.3 Å². The van der Waals surface area contributed by atoms with Gasteiger partial charge >= 0.3 is 0 Å². The van der Waals surface area contributed by atoms with Crippen LogP contribution >= 0.6 is 0 Å². The van der Waals surface area contributed by atoms with Crippen LogP contribution < -0.4 is 14.2 Å². The second kappa shape index (κ2) is 12.7. The summed E-state index contributed by atoms with van der Waals surface area (Å²) < 4.78 is 16.9. The first kappa shape index (κ1) is 32.0. The van der Waals surface area contributed by atoms with Gasteiger partial charge in [0.25, 0.3) is 0 Å². The standard InChI is InChI=1S/C38H59NO5/c1-24(7-12-35(41)39-19-15-25(16-20-39)36-33(43-5)22-28(42-4)23-34(36)44-6)30-10-11-31-29-9-8-26-21-27(40)13-17-37(26,2)32(29)14-18-38(30,31)3/h22-27,29-32,40H,7-21H2,1-6H3/t24-,26-,27-,29+,30-,31+,32+,37+,38-/m1/s1. The lowest BCUT2D eigenvalue weighted by molar-refractivity contribution is -0.134. The van der Waals surface area contributed by atoms with Crippen LogP contribution in [0.2, 0.25) is 0 Å². The average molecular weight is 610 g/mol. The minimum atomic E-state index is -0.0650. The maximum absolute atomic E-state index is 13.5. The summed E-state index contributed by atoms with van der Waals surface area (Å²) in [5.41, 5.74) is 1.96. The van der Waals surface area contributed by atoms with Gasteiger partial charge in [0.05, 0.1) is 27.4 Å². The van der Waals surface area contributed by atoms with E-state index in [-0.39, 0.29) is 6.10 Å². The molecule has 1 saturated heterocycles. The Morgan fingerprint density at radius 2 is 1.55 bits per heavy atom. The van der Waals surface area contributed by atoms with Gasteiger partial charge in [-0.15, -0.1) is 0 Å². The fraction of sp³-hybridized carbons (Fsp3) is 0.816. The molecular weight excluding hydrogens is 550 g/mol. The zero-order chi connectivity index (χ0) is 31.2. The minimum absolute atomic E-state index is 0.0650. The second-order valence-electron chi connectivity index (χ2n) is 15.9. The first-order chi connectivity index (χ1) is 21.1. The molecule has 0 unspecified atom stereocenters. The van der Waals surface area contributed by atoms with E-state index in [1.807, 2.05) is 12.1 Å². The van der Waals surface area contributed by atoms with Gasteiger partial charge in [0.2, 0.25) is 5.91 Å². The van der Waals surface area contributed by atoms with Gasteiger partial charge < -0.3 is 24.2 Å². The number of nitrogens with zero attached hydrogens (tertiary/aromatic N) is 1. The molecule has 6 rings (SSSR count). The molecule has 0 bridgehead atoms. The Bertz CT molecular complexity index is 1150. The third-order valence-corrected chi connectivity index (χ3v) is 14.2. The lowest BCUT2D eigenvalue weighted by Crippen LogP contribution is -2.54. The molecule has 5 aliphatic rings. The Kier molecular flexibility index (Phi) is 9.23. The molecule has 44 heavy (non-hydrogen) atoms. The number of benzene rings is 1. The summed E-state index contributed by atoms with van der Waals surface area (Å²) in [4.78, 5) is 15.6. The highest BCUT2D eigenvalue weighted by atomic mass is 16.5. The van der Waals surface area contributed by atoms with Crippen LogP contribution in [0.25, 0.3) is 0 Å². The van der Waals surface area contributed by atoms with E-state index >= 15 is 0 Å². The van der Waals surface area contributed by atoms with Crippen molar-refractivity contribution in [1.29, 1.82) is 0 Å². The van der Waals surface area contributed by atoms with Gasteiger partial charge in [-0.2, -0.15) is 0 Å². The zero-order valence-electron chi connectivity index (χ0n) is 28.4. The molecule has 1 aromatic rings. The van der Waals surface area contributed by atoms with Crippen LogP contribution in [-0.4, -0.2) is 56.4 Å². The molecule has 1 amide bonds. The monoisotopic (exact) mass is 609 g/mol. The molecule has 9 atom stereocenters. The fourth-order valence-corrected chi connectivity index (χ4v) is 11.8. The fourth-order valence-electron chi connectivity index (χ4n) is 11.8. The van der Waals surface area contributed by atoms with Crippen molar-refractivity contribution >= 4 is 5.91 Å². The Labute approximate surface area is 266 Å². The van der Waals surface area contributed by atoms with Crippen LogP contribution in [0.5, 0.6) is 17.2 Å². The van der Waals surface area contributed by atoms with Gasteiger partial charge in [0.15, 0.2) is 0 Å². The Morgan fingerprint density at radius 3 is 2.20 bits per heavy atom. The van der Waals surface area contributed by atoms with Crippen molar-refractivity contribution < 1.29 is 24.1 Å². The molecule has 0 radical (unpaired) electrons. The maximum Gasteiger partial charge on any atom is 0.222 e. The number of amides is 1. The van der Waals surface area contributed by atoms with Crippen LogP contribution in [0.3, 0.4) is 0 Å². The highest BCUT2D eigenvalue weighted by Crippen LogP contribution is 2.68. The average Bonchev–Trinajstić information content (AvgIpc) is 3.40. The topological polar surface area (TPSA) is 68.2 Å². The van der Waals surface area contributed by atoms with Gasteiger partial charge in [-0.3, -0.25) is 4.79 Å². The van der Waals surface area contributed by atoms with Gasteiger partial charge in [-0.05, 0) is 129 Å². The Hall–Kier alpha value is -1.95. The van der Waals surface area contributed by atoms with E-state index < -0.39 is 0 Å². The second-order valence-corrected chi connectivity index (χ2v) is 15.9. The van der Waals surface area contributed by atoms with E-state index in [0.717, 1.165) is 97.6 Å². The summed E-state index contributed by atoms with van der Waals surface area (Å²) in [5, 5.41) is 10.4. The van der Waals surface area contributed by atoms with Crippen molar-refractivity contribution in [3.8, 4) is 17.2 Å². The highest BCUT2D eigenvalue weighted by molar-refractivity contribution is 5.76. The van der Waals surface area contributed by atoms with E-state index in [1.54, 1.807) is 21.3 Å². The number of fused-ring (bicyclic) bond motifs is 5. The number of carbonyl (C=O) groups is 1. The van der Waals surface area contributed by atoms with Crippen molar-refractivity contribution in [1.82, 2.24) is 4.90 Å². The maximum atomic E-state index is 13.5. The Balaban J connectivity index is 1.03. The molecule has 246 valence electrons. The first-order valence-electron chi connectivity index (χ1n) is 17.9. The number of carbonyl (C=O) groups excluding carboxylic acids is 1. The molecule has 6 nitrogen and oxygen atoms in total. The molecule has 1 aromatic carbocycles. The molecular formula is C38H59NO5. The predicted octanol–water partition coefficient (Wildman–Crippen LogP) is 7.85. The number of aliphatic hydroxyl groups excluding tert-OH is 1. The molecule has 0 spiro atoms. The van der Waals surface area contributed by atoms with E-state index in [4.69, 9.17) is 14.2 Å². The molecule has 1 heterocycles. The van der Waals surface area contributed by atoms with Crippen molar-refractivity contribution in [2.75, 3.05) is 34.4 Å². The number of hydrogen-bond donors (Lipinski definition) is 1. The van der Waals surface area contributed by atoms with Crippen molar-refractivity contribution in [2.45, 2.75) is 116 Å². The molecule has 4 saturated carbocycles. The van der Waals surface area contributed by atoms with Gasteiger partial charge in [-0.25, -0.2) is 0 Å². The third-order valence-electron chi connectivity index (χ3n) is 14.2. The van der Waals surface area contributed by atoms with E-state index in [0.29, 0.717) is 35.0 Å². The van der Waals surface area contributed by atoms with Crippen LogP contribution in [0.1, 0.15) is 116 Å². The van der Waals surface area contributed by atoms with Crippen LogP contribution in [0, 0.1) is 46.3 Å². The summed E-state index contributed by atoms with van der Waals surface area (Å²) in [6.45, 7) is 9.26. The predicted molar refractivity (Wildman–Crippen MR) is 174 cm³/mol. The van der Waals surface area contributed by atoms with Crippen LogP contribution in [0.15, 0.2) is 12.1 Å². The zero-order valence-corrected chi connectivity index (χ0v) is 28.4. The summed E-state index contributed by atoms with van der Waals surface area (Å²) in [6, 6.07) is 3.87. The number of rotatable bonds is 8. The van der Waals surface area contributed by atoms with Crippen LogP contribution in [-0.2, 0) is 4.79 Å². The summed E-state index contributed by atoms with van der Waals surface area (Å²) in [6.07, 6.45) is 14.9. The first-order valence-corrected chi connectivity index (χ1v) is 17.9. The van der Waals surface area contributed by atoms with Crippen LogP contribution in [0.4, 0.5) is 0 Å². The Morgan fingerprint density at radius 1 is 0.886 bits per heavy atom. The van der Waals surface area contributed by atoms with E-state index in [1.165, 1.54) is 44.9 Å². The normalized spacial score (nSPS) is 37.8. The molecule has 4 aliphatic carbocycles. The number of hydrogen-bond acceptors (Lipinski definition) is 5. The van der Waals surface area contributed by atoms with Gasteiger partial charge in [0.1, 0.15) is 17.2 Å². The van der Waals surface area contributed by atoms with E-state index in [9.17, 15) is 9.90 Å². The van der Waals surface area contributed by atoms with Crippen molar-refractivity contribution in [3.05, 3.63) is 17.7 Å². The third kappa shape index (κ3) is 5.53. The van der Waals surface area contributed by atoms with Gasteiger partial charge in [0, 0.05) is 37.2 Å². The molecule has 1 aliphatic heterocycles. The lowest BCUT2D eigenvalue weighted by Gasteiger charge is -2.61. The molecule has 1 N–H and O–H groups in total. The number of methoxy groups -OCH3 is 3. The summed E-state index contributed by atoms with van der Waals surface area (Å²) >= 11 is 0. The lowest BCUT2D eigenvalue weighted by atomic mass is 9.44. The quantitative estimate of drug-likeness (QED) is 0.325.